The highest BCUT2D eigenvalue weighted by molar-refractivity contribution is 5.73. The summed E-state index contributed by atoms with van der Waals surface area (Å²) in [6, 6.07) is -0.841. The lowest BCUT2D eigenvalue weighted by molar-refractivity contribution is -0.274. The van der Waals surface area contributed by atoms with Gasteiger partial charge in [0.1, 0.15) is 17.3 Å². The highest BCUT2D eigenvalue weighted by atomic mass is 16.7. The zero-order valence-electron chi connectivity index (χ0n) is 28.5. The van der Waals surface area contributed by atoms with Crippen LogP contribution in [0, 0.1) is 23.7 Å². The molecular weight excluding hydrogens is 540 g/mol. The molecule has 0 aromatic rings. The normalized spacial score (nSPS) is 50.9. The van der Waals surface area contributed by atoms with Gasteiger partial charge in [0.2, 0.25) is 0 Å². The number of carbonyl (C=O) groups is 1. The zero-order chi connectivity index (χ0) is 32.6. The van der Waals surface area contributed by atoms with Crippen molar-refractivity contribution in [2.75, 3.05) is 20.7 Å². The Kier molecular flexibility index (Phi) is 12.1. The average Bonchev–Trinajstić information content (AvgIpc) is 2.90. The van der Waals surface area contributed by atoms with Gasteiger partial charge in [-0.25, -0.2) is 0 Å². The van der Waals surface area contributed by atoms with Gasteiger partial charge in [-0.3, -0.25) is 4.79 Å². The molecule has 10 nitrogen and oxygen atoms in total. The Bertz CT molecular complexity index is 898. The van der Waals surface area contributed by atoms with Crippen LogP contribution in [0.3, 0.4) is 0 Å². The second-order valence-corrected chi connectivity index (χ2v) is 14.5. The van der Waals surface area contributed by atoms with E-state index in [0.717, 1.165) is 0 Å². The molecule has 0 spiro atoms. The Balaban J connectivity index is 2.58. The molecule has 14 atom stereocenters. The molecule has 42 heavy (non-hydrogen) atoms. The van der Waals surface area contributed by atoms with E-state index in [9.17, 15) is 20.1 Å². The maximum absolute atomic E-state index is 13.8. The lowest BCUT2D eigenvalue weighted by atomic mass is 9.72. The predicted molar refractivity (Wildman–Crippen MR) is 163 cm³/mol. The molecule has 0 radical (unpaired) electrons. The number of cyclic esters (lactones) is 1. The van der Waals surface area contributed by atoms with Crippen LogP contribution in [0.2, 0.25) is 0 Å². The van der Waals surface area contributed by atoms with Gasteiger partial charge in [0.15, 0.2) is 6.29 Å². The van der Waals surface area contributed by atoms with E-state index in [1.807, 2.05) is 60.4 Å². The van der Waals surface area contributed by atoms with Crippen LogP contribution < -0.4 is 5.73 Å². The molecule has 0 aromatic heterocycles. The van der Waals surface area contributed by atoms with Crippen molar-refractivity contribution in [2.24, 2.45) is 29.4 Å². The summed E-state index contributed by atoms with van der Waals surface area (Å²) in [4.78, 5) is 15.8. The number of nitrogens with two attached hydrogens (primary N) is 1. The van der Waals surface area contributed by atoms with Gasteiger partial charge in [0.25, 0.3) is 0 Å². The van der Waals surface area contributed by atoms with Crippen LogP contribution in [-0.2, 0) is 23.7 Å². The Morgan fingerprint density at radius 1 is 1.00 bits per heavy atom. The number of aliphatic hydroxyl groups is 3. The molecule has 0 bridgehead atoms. The van der Waals surface area contributed by atoms with Crippen LogP contribution in [0.25, 0.3) is 0 Å². The van der Waals surface area contributed by atoms with Crippen molar-refractivity contribution < 1.29 is 39.1 Å². The van der Waals surface area contributed by atoms with Crippen molar-refractivity contribution in [3.63, 3.8) is 0 Å². The SMILES string of the molecule is CC[C@H]1OC(=O)[C@H](C)[C@@H](O[C@H]2C[C@@](C)(OC)[C@@H](N)[C@H](C)O2)[C@H](C)[C@@H](C)[C@](C)(O)C[C@@H](C)CN(C)[C@H](C)[C@](C)(O)[C@]1(C)O. The fraction of sp³-hybridized carbons (Fsp3) is 0.969. The number of nitrogens with zero attached hydrogens (tertiary/aromatic N) is 1. The summed E-state index contributed by atoms with van der Waals surface area (Å²) in [6.07, 6.45) is -1.57. The van der Waals surface area contributed by atoms with E-state index in [4.69, 9.17) is 24.7 Å². The van der Waals surface area contributed by atoms with Gasteiger partial charge in [-0.05, 0) is 86.1 Å². The minimum Gasteiger partial charge on any atom is -0.459 e. The summed E-state index contributed by atoms with van der Waals surface area (Å²) in [5, 5.41) is 35.3. The smallest absolute Gasteiger partial charge is 0.311 e. The molecule has 0 aromatic carbocycles. The fourth-order valence-corrected chi connectivity index (χ4v) is 7.12. The molecule has 10 heteroatoms. The molecule has 2 heterocycles. The van der Waals surface area contributed by atoms with Gasteiger partial charge < -0.3 is 44.9 Å². The van der Waals surface area contributed by atoms with E-state index >= 15 is 0 Å². The monoisotopic (exact) mass is 602 g/mol. The second-order valence-electron chi connectivity index (χ2n) is 14.5. The molecular formula is C32H62N2O8. The first-order valence-corrected chi connectivity index (χ1v) is 15.8. The van der Waals surface area contributed by atoms with Crippen molar-refractivity contribution in [1.29, 1.82) is 0 Å². The number of rotatable bonds is 4. The lowest BCUT2D eigenvalue weighted by Crippen LogP contribution is -2.66. The highest BCUT2D eigenvalue weighted by Gasteiger charge is 2.54. The number of ether oxygens (including phenoxy) is 4. The summed E-state index contributed by atoms with van der Waals surface area (Å²) in [7, 11) is 3.51. The summed E-state index contributed by atoms with van der Waals surface area (Å²) in [6.45, 7) is 20.8. The van der Waals surface area contributed by atoms with Crippen molar-refractivity contribution in [1.82, 2.24) is 4.90 Å². The highest BCUT2D eigenvalue weighted by Crippen LogP contribution is 2.40. The van der Waals surface area contributed by atoms with E-state index in [0.29, 0.717) is 25.8 Å². The predicted octanol–water partition coefficient (Wildman–Crippen LogP) is 3.08. The Hall–Kier alpha value is -0.850. The molecule has 0 amide bonds. The number of esters is 1. The van der Waals surface area contributed by atoms with E-state index in [1.54, 1.807) is 21.0 Å². The number of carbonyl (C=O) groups excluding carboxylic acids is 1. The summed E-state index contributed by atoms with van der Waals surface area (Å²) in [5.74, 6) is -1.82. The minimum atomic E-state index is -1.76. The van der Waals surface area contributed by atoms with Crippen LogP contribution in [0.15, 0.2) is 0 Å². The van der Waals surface area contributed by atoms with Gasteiger partial charge in [0.05, 0.1) is 35.4 Å². The molecule has 0 saturated carbocycles. The summed E-state index contributed by atoms with van der Waals surface area (Å²) >= 11 is 0. The van der Waals surface area contributed by atoms with Crippen molar-refractivity contribution in [2.45, 2.75) is 155 Å². The van der Waals surface area contributed by atoms with E-state index in [2.05, 4.69) is 6.92 Å². The molecule has 2 rings (SSSR count). The molecule has 0 unspecified atom stereocenters. The molecule has 2 saturated heterocycles. The lowest BCUT2D eigenvalue weighted by Gasteiger charge is -2.49. The summed E-state index contributed by atoms with van der Waals surface area (Å²) < 4.78 is 24.6. The van der Waals surface area contributed by atoms with Crippen LogP contribution in [-0.4, -0.2) is 106 Å². The first-order valence-electron chi connectivity index (χ1n) is 15.8. The first-order chi connectivity index (χ1) is 19.1. The van der Waals surface area contributed by atoms with Gasteiger partial charge in [-0.2, -0.15) is 0 Å². The topological polar surface area (TPSA) is 144 Å². The largest absolute Gasteiger partial charge is 0.459 e. The average molecular weight is 603 g/mol. The number of methoxy groups -OCH3 is 1. The molecule has 2 aliphatic rings. The number of likely N-dealkylation sites (N-methyl/N-ethyl adjacent to an activating group) is 1. The van der Waals surface area contributed by atoms with Crippen LogP contribution >= 0.6 is 0 Å². The maximum Gasteiger partial charge on any atom is 0.311 e. The van der Waals surface area contributed by atoms with Gasteiger partial charge >= 0.3 is 5.97 Å². The Labute approximate surface area is 254 Å². The van der Waals surface area contributed by atoms with Crippen LogP contribution in [0.5, 0.6) is 0 Å². The Morgan fingerprint density at radius 2 is 1.57 bits per heavy atom. The van der Waals surface area contributed by atoms with Gasteiger partial charge in [-0.1, -0.05) is 27.7 Å². The number of hydrogen-bond donors (Lipinski definition) is 4. The van der Waals surface area contributed by atoms with Crippen LogP contribution in [0.4, 0.5) is 0 Å². The molecule has 0 aliphatic carbocycles. The third-order valence-corrected chi connectivity index (χ3v) is 11.2. The Morgan fingerprint density at radius 3 is 2.10 bits per heavy atom. The quantitative estimate of drug-likeness (QED) is 0.355. The minimum absolute atomic E-state index is 0.0658. The molecule has 248 valence electrons. The number of hydrogen-bond acceptors (Lipinski definition) is 10. The van der Waals surface area contributed by atoms with Crippen LogP contribution in [0.1, 0.15) is 95.4 Å². The molecule has 2 fully saturated rings. The summed E-state index contributed by atoms with van der Waals surface area (Å²) in [5.41, 5.74) is 1.24. The van der Waals surface area contributed by atoms with Crippen molar-refractivity contribution in [3.05, 3.63) is 0 Å². The fourth-order valence-electron chi connectivity index (χ4n) is 7.12. The first kappa shape index (κ1) is 37.3. The van der Waals surface area contributed by atoms with Crippen molar-refractivity contribution in [3.8, 4) is 0 Å². The van der Waals surface area contributed by atoms with Crippen molar-refractivity contribution >= 4 is 5.97 Å². The third kappa shape index (κ3) is 7.50. The van der Waals surface area contributed by atoms with Gasteiger partial charge in [-0.15, -0.1) is 0 Å². The van der Waals surface area contributed by atoms with E-state index in [1.165, 1.54) is 6.92 Å². The maximum atomic E-state index is 13.8. The molecule has 2 aliphatic heterocycles. The van der Waals surface area contributed by atoms with Gasteiger partial charge in [0, 0.05) is 26.1 Å². The third-order valence-electron chi connectivity index (χ3n) is 11.2. The van der Waals surface area contributed by atoms with E-state index in [-0.39, 0.29) is 29.9 Å². The zero-order valence-corrected chi connectivity index (χ0v) is 28.5. The van der Waals surface area contributed by atoms with E-state index < -0.39 is 58.8 Å². The molecule has 5 N–H and O–H groups in total. The standard InChI is InChI=1S/C32H62N2O8/c1-14-24-32(11,38)31(10,37)23(7)34(12)17-18(2)15-29(8,36)21(5)19(3)26(20(4)28(35)41-24)42-25-16-30(9,39-13)27(33)22(6)40-25/h18-27,36-38H,14-17,33H2,1-13H3/t18-,19-,20-,21-,22+,23-,24-,25+,26+,27+,29-,30-,31+,32-/m1/s1. The second kappa shape index (κ2) is 13.6.